The molecule has 0 aromatic heterocycles. The number of anilines is 1. The van der Waals surface area contributed by atoms with Gasteiger partial charge in [-0.2, -0.15) is 0 Å². The van der Waals surface area contributed by atoms with Gasteiger partial charge in [-0.1, -0.05) is 37.8 Å². The van der Waals surface area contributed by atoms with Crippen molar-refractivity contribution in [2.24, 2.45) is 0 Å². The summed E-state index contributed by atoms with van der Waals surface area (Å²) >= 11 is 0. The van der Waals surface area contributed by atoms with E-state index in [1.165, 1.54) is 0 Å². The third-order valence-electron chi connectivity index (χ3n) is 12.9. The molecule has 15 nitrogen and oxygen atoms in total. The molecule has 328 valence electrons. The van der Waals surface area contributed by atoms with Crippen LogP contribution < -0.4 is 5.32 Å². The average molecular weight is 832 g/mol. The average Bonchev–Trinajstić information content (AvgIpc) is 3.41. The van der Waals surface area contributed by atoms with E-state index in [-0.39, 0.29) is 62.6 Å². The maximum absolute atomic E-state index is 14.2. The molecule has 5 amide bonds. The van der Waals surface area contributed by atoms with Gasteiger partial charge in [-0.05, 0) is 87.1 Å². The topological polar surface area (TPSA) is 156 Å². The number of esters is 1. The number of likely N-dealkylation sites (tertiary alicyclic amines) is 3. The van der Waals surface area contributed by atoms with E-state index in [0.29, 0.717) is 88.8 Å². The van der Waals surface area contributed by atoms with Crippen molar-refractivity contribution < 1.29 is 38.6 Å². The van der Waals surface area contributed by atoms with Gasteiger partial charge in [0, 0.05) is 96.1 Å². The molecule has 4 saturated heterocycles. The van der Waals surface area contributed by atoms with E-state index in [0.717, 1.165) is 68.6 Å². The van der Waals surface area contributed by atoms with Crippen molar-refractivity contribution in [1.82, 2.24) is 29.4 Å². The lowest BCUT2D eigenvalue weighted by Gasteiger charge is -2.43. The van der Waals surface area contributed by atoms with Crippen LogP contribution in [0.15, 0.2) is 36.4 Å². The first-order valence-electron chi connectivity index (χ1n) is 21.6. The summed E-state index contributed by atoms with van der Waals surface area (Å²) in [6.07, 6.45) is 4.93. The zero-order chi connectivity index (χ0) is 41.5. The second-order valence-electron chi connectivity index (χ2n) is 16.8. The van der Waals surface area contributed by atoms with Crippen LogP contribution in [-0.4, -0.2) is 168 Å². The van der Waals surface area contributed by atoms with E-state index < -0.39 is 12.2 Å². The van der Waals surface area contributed by atoms with E-state index in [9.17, 15) is 29.1 Å². The van der Waals surface area contributed by atoms with Crippen molar-refractivity contribution >= 4 is 35.6 Å². The van der Waals surface area contributed by atoms with Crippen LogP contribution in [-0.2, 0) is 36.7 Å². The highest BCUT2D eigenvalue weighted by Gasteiger charge is 2.37. The van der Waals surface area contributed by atoms with Gasteiger partial charge in [-0.3, -0.25) is 24.2 Å². The monoisotopic (exact) mass is 831 g/mol. The number of urea groups is 1. The van der Waals surface area contributed by atoms with Gasteiger partial charge >= 0.3 is 18.1 Å². The summed E-state index contributed by atoms with van der Waals surface area (Å²) in [6.45, 7) is 10.7. The summed E-state index contributed by atoms with van der Waals surface area (Å²) < 4.78 is 11.6. The highest BCUT2D eigenvalue weighted by molar-refractivity contribution is 5.91. The van der Waals surface area contributed by atoms with Gasteiger partial charge in [-0.25, -0.2) is 9.59 Å². The number of benzene rings is 2. The molecular weight excluding hydrogens is 767 g/mol. The fraction of sp³-hybridized carbons (Fsp3) is 0.622. The minimum absolute atomic E-state index is 0. The molecule has 2 N–H and O–H groups in total. The number of hydrogen-bond donors (Lipinski definition) is 2. The first-order chi connectivity index (χ1) is 28.5. The highest BCUT2D eigenvalue weighted by Crippen LogP contribution is 2.27. The second-order valence-corrected chi connectivity index (χ2v) is 16.8. The number of carbonyl (C=O) groups is 5. The predicted molar refractivity (Wildman–Crippen MR) is 228 cm³/mol. The van der Waals surface area contributed by atoms with E-state index in [1.807, 2.05) is 55.1 Å². The molecule has 15 heteroatoms. The summed E-state index contributed by atoms with van der Waals surface area (Å²) in [4.78, 5) is 77.4. The molecule has 0 bridgehead atoms. The molecule has 5 heterocycles. The molecule has 0 spiro atoms. The largest absolute Gasteiger partial charge is 0.507 e. The third kappa shape index (κ3) is 11.1. The number of carbonyl (C=O) groups excluding carboxylic acids is 5. The maximum Gasteiger partial charge on any atom is 0.410 e. The van der Waals surface area contributed by atoms with Crippen molar-refractivity contribution in [3.05, 3.63) is 58.7 Å². The summed E-state index contributed by atoms with van der Waals surface area (Å²) in [6, 6.07) is 11.8. The van der Waals surface area contributed by atoms with Crippen LogP contribution in [0.25, 0.3) is 0 Å². The van der Waals surface area contributed by atoms with E-state index >= 15 is 0 Å². The molecule has 2 aromatic rings. The Morgan fingerprint density at radius 3 is 2.20 bits per heavy atom. The van der Waals surface area contributed by atoms with E-state index in [2.05, 4.69) is 15.1 Å². The highest BCUT2D eigenvalue weighted by atomic mass is 16.6. The molecule has 0 radical (unpaired) electrons. The molecule has 4 fully saturated rings. The van der Waals surface area contributed by atoms with E-state index in [4.69, 9.17) is 9.47 Å². The first kappa shape index (κ1) is 44.7. The zero-order valence-corrected chi connectivity index (χ0v) is 34.7. The number of phenols is 1. The number of nitrogens with one attached hydrogen (secondary N) is 1. The van der Waals surface area contributed by atoms with Crippen LogP contribution in [0.3, 0.4) is 0 Å². The minimum atomic E-state index is -1.03. The number of amides is 5. The first-order valence-corrected chi connectivity index (χ1v) is 21.6. The van der Waals surface area contributed by atoms with Crippen molar-refractivity contribution in [3.63, 3.8) is 0 Å². The lowest BCUT2D eigenvalue weighted by atomic mass is 10.00. The van der Waals surface area contributed by atoms with Crippen molar-refractivity contribution in [3.8, 4) is 5.75 Å². The van der Waals surface area contributed by atoms with Crippen LogP contribution in [0, 0.1) is 13.8 Å². The Morgan fingerprint density at radius 1 is 0.817 bits per heavy atom. The lowest BCUT2D eigenvalue weighted by Crippen LogP contribution is -2.57. The summed E-state index contributed by atoms with van der Waals surface area (Å²) in [5, 5.41) is 13.5. The number of rotatable bonds is 11. The van der Waals surface area contributed by atoms with Crippen LogP contribution in [0.1, 0.15) is 74.6 Å². The number of aromatic hydroxyl groups is 1. The van der Waals surface area contributed by atoms with Crippen molar-refractivity contribution in [2.75, 3.05) is 90.5 Å². The Labute approximate surface area is 354 Å². The number of nitrogens with zero attached hydrogens (tertiary/aromatic N) is 6. The molecule has 0 saturated carbocycles. The van der Waals surface area contributed by atoms with Crippen LogP contribution in [0.4, 0.5) is 15.3 Å². The molecule has 5 aliphatic rings. The Balaban J connectivity index is 0.00000604. The van der Waals surface area contributed by atoms with Gasteiger partial charge in [0.05, 0.1) is 13.1 Å². The standard InChI is InChI=1S/C44H61N7O8.CH4/c1-31-27-33(28-32(2)41(31)54)29-38(59-44(57)50-18-13-36(14-19-50)51-20-10-34-7-3-4-8-37(34)45-43(51)56)42(55)49-23-21-47(22-24-49)35-11-16-46(17-12-35)30-40(53)58-26-25-48-15-6-5-9-39(48)52;/h3-4,7-8,27-28,35-36,38,54H,5-6,9-26,29-30H2,1-2H3,(H,45,56);1H4/t38-;/m1./s1. The van der Waals surface area contributed by atoms with Crippen molar-refractivity contribution in [1.29, 1.82) is 0 Å². The maximum atomic E-state index is 14.2. The SMILES string of the molecule is C.Cc1cc(C[C@@H](OC(=O)N2CCC(N3CCc4ccccc4NC3=O)CC2)C(=O)N2CCN(C3CCN(CC(=O)OCCN4CCCCC4=O)CC3)CC2)cc(C)c1O. The fourth-order valence-electron chi connectivity index (χ4n) is 9.40. The number of para-hydroxylation sites is 1. The molecule has 1 atom stereocenters. The van der Waals surface area contributed by atoms with Gasteiger partial charge < -0.3 is 39.5 Å². The minimum Gasteiger partial charge on any atom is -0.507 e. The van der Waals surface area contributed by atoms with Crippen LogP contribution >= 0.6 is 0 Å². The molecule has 60 heavy (non-hydrogen) atoms. The van der Waals surface area contributed by atoms with Gasteiger partial charge in [0.1, 0.15) is 12.4 Å². The molecule has 0 aliphatic carbocycles. The molecule has 0 unspecified atom stereocenters. The second kappa shape index (κ2) is 20.6. The molecule has 2 aromatic carbocycles. The Hall–Kier alpha value is -4.89. The number of ether oxygens (including phenoxy) is 2. The Bertz CT molecular complexity index is 1810. The van der Waals surface area contributed by atoms with Crippen LogP contribution in [0.5, 0.6) is 5.75 Å². The Morgan fingerprint density at radius 2 is 1.50 bits per heavy atom. The third-order valence-corrected chi connectivity index (χ3v) is 12.9. The predicted octanol–water partition coefficient (Wildman–Crippen LogP) is 4.41. The lowest BCUT2D eigenvalue weighted by molar-refractivity contribution is -0.147. The smallest absolute Gasteiger partial charge is 0.410 e. The number of fused-ring (bicyclic) bond motifs is 1. The molecule has 7 rings (SSSR count). The summed E-state index contributed by atoms with van der Waals surface area (Å²) in [7, 11) is 0. The number of piperidine rings is 3. The summed E-state index contributed by atoms with van der Waals surface area (Å²) in [5.74, 6) is -0.137. The summed E-state index contributed by atoms with van der Waals surface area (Å²) in [5.41, 5.74) is 4.15. The number of hydrogen-bond acceptors (Lipinski definition) is 10. The molecular formula is C45H65N7O8. The Kier molecular flexibility index (Phi) is 15.3. The normalized spacial score (nSPS) is 20.4. The molecule has 5 aliphatic heterocycles. The van der Waals surface area contributed by atoms with Gasteiger partial charge in [0.2, 0.25) is 5.91 Å². The van der Waals surface area contributed by atoms with Crippen LogP contribution in [0.2, 0.25) is 0 Å². The van der Waals surface area contributed by atoms with Gasteiger partial charge in [-0.15, -0.1) is 0 Å². The quantitative estimate of drug-likeness (QED) is 0.312. The van der Waals surface area contributed by atoms with Crippen molar-refractivity contribution in [2.45, 2.75) is 97.2 Å². The number of piperazine rings is 1. The number of aryl methyl sites for hydroxylation is 2. The van der Waals surface area contributed by atoms with Gasteiger partial charge in [0.25, 0.3) is 5.91 Å². The van der Waals surface area contributed by atoms with Gasteiger partial charge in [0.15, 0.2) is 6.10 Å². The van der Waals surface area contributed by atoms with E-state index in [1.54, 1.807) is 14.7 Å². The number of phenolic OH excluding ortho intramolecular Hbond substituents is 1. The zero-order valence-electron chi connectivity index (χ0n) is 34.7. The fourth-order valence-corrected chi connectivity index (χ4v) is 9.40.